The second kappa shape index (κ2) is 9.04. The van der Waals surface area contributed by atoms with Gasteiger partial charge in [-0.1, -0.05) is 62.8 Å². The maximum Gasteiger partial charge on any atom is 0.127 e. The minimum absolute atomic E-state index is 0.101. The van der Waals surface area contributed by atoms with Crippen molar-refractivity contribution >= 4 is 0 Å². The Labute approximate surface area is 157 Å². The van der Waals surface area contributed by atoms with E-state index in [1.165, 1.54) is 32.1 Å². The van der Waals surface area contributed by atoms with Crippen molar-refractivity contribution in [1.82, 2.24) is 0 Å². The molecule has 0 spiro atoms. The van der Waals surface area contributed by atoms with Gasteiger partial charge < -0.3 is 0 Å². The van der Waals surface area contributed by atoms with E-state index in [0.29, 0.717) is 5.92 Å². The second-order valence-electron chi connectivity index (χ2n) is 7.53. The molecule has 1 heteroatoms. The zero-order valence-corrected chi connectivity index (χ0v) is 16.0. The van der Waals surface area contributed by atoms with Crippen molar-refractivity contribution in [3.8, 4) is 23.0 Å². The average molecular weight is 349 g/mol. The molecule has 2 aromatic carbocycles. The van der Waals surface area contributed by atoms with Crippen LogP contribution in [-0.4, -0.2) is 0 Å². The van der Waals surface area contributed by atoms with Crippen molar-refractivity contribution in [2.24, 2.45) is 11.8 Å². The van der Waals surface area contributed by atoms with E-state index in [-0.39, 0.29) is 5.82 Å². The van der Waals surface area contributed by atoms with Crippen LogP contribution in [0.25, 0.3) is 11.1 Å². The molecule has 1 aliphatic carbocycles. The van der Waals surface area contributed by atoms with Crippen LogP contribution in [0.1, 0.15) is 63.5 Å². The van der Waals surface area contributed by atoms with E-state index in [2.05, 4.69) is 37.8 Å². The van der Waals surface area contributed by atoms with Gasteiger partial charge in [0.05, 0.1) is 0 Å². The van der Waals surface area contributed by atoms with Gasteiger partial charge in [-0.3, -0.25) is 0 Å². The van der Waals surface area contributed by atoms with Gasteiger partial charge in [-0.2, -0.15) is 0 Å². The largest absolute Gasteiger partial charge is 0.207 e. The monoisotopic (exact) mass is 348 g/mol. The third-order valence-electron chi connectivity index (χ3n) is 5.64. The molecular weight excluding hydrogens is 319 g/mol. The Bertz CT molecular complexity index is 768. The first kappa shape index (κ1) is 18.7. The van der Waals surface area contributed by atoms with Crippen LogP contribution in [0.3, 0.4) is 0 Å². The van der Waals surface area contributed by atoms with Crippen molar-refractivity contribution in [3.05, 3.63) is 59.4 Å². The number of hydrogen-bond acceptors (Lipinski definition) is 0. The summed E-state index contributed by atoms with van der Waals surface area (Å²) in [6, 6.07) is 13.8. The molecule has 0 radical (unpaired) electrons. The van der Waals surface area contributed by atoms with E-state index in [1.54, 1.807) is 6.07 Å². The summed E-state index contributed by atoms with van der Waals surface area (Å²) < 4.78 is 14.2. The molecule has 0 saturated heterocycles. The van der Waals surface area contributed by atoms with Gasteiger partial charge in [0.25, 0.3) is 0 Å². The van der Waals surface area contributed by atoms with Crippen molar-refractivity contribution in [1.29, 1.82) is 0 Å². The highest BCUT2D eigenvalue weighted by Gasteiger charge is 2.18. The van der Waals surface area contributed by atoms with Gasteiger partial charge in [-0.25, -0.2) is 4.39 Å². The number of rotatable bonds is 4. The Balaban J connectivity index is 1.66. The highest BCUT2D eigenvalue weighted by molar-refractivity contribution is 5.65. The number of benzene rings is 2. The molecule has 0 aromatic heterocycles. The van der Waals surface area contributed by atoms with Crippen LogP contribution in [0.15, 0.2) is 42.5 Å². The van der Waals surface area contributed by atoms with Crippen molar-refractivity contribution in [2.75, 3.05) is 0 Å². The van der Waals surface area contributed by atoms with Gasteiger partial charge in [0.2, 0.25) is 0 Å². The summed E-state index contributed by atoms with van der Waals surface area (Å²) in [4.78, 5) is 0. The second-order valence-corrected chi connectivity index (χ2v) is 7.53. The summed E-state index contributed by atoms with van der Waals surface area (Å²) in [5, 5.41) is 0. The molecule has 0 nitrogen and oxygen atoms in total. The standard InChI is InChI=1S/C25H29F/c1-3-5-23-16-17-24(18-25(23)26)22-14-12-21(13-15-22)11-10-20-8-6-19(4-2)7-9-20/h12-20H,3-9H2,1-2H3/t19-,20-. The van der Waals surface area contributed by atoms with E-state index in [9.17, 15) is 4.39 Å². The zero-order chi connectivity index (χ0) is 18.4. The van der Waals surface area contributed by atoms with Crippen LogP contribution in [0.5, 0.6) is 0 Å². The molecule has 0 bridgehead atoms. The third-order valence-corrected chi connectivity index (χ3v) is 5.64. The summed E-state index contributed by atoms with van der Waals surface area (Å²) in [7, 11) is 0. The first-order chi connectivity index (χ1) is 12.7. The molecule has 136 valence electrons. The molecule has 0 heterocycles. The Kier molecular flexibility index (Phi) is 6.51. The minimum atomic E-state index is -0.101. The predicted octanol–water partition coefficient (Wildman–Crippen LogP) is 7.01. The minimum Gasteiger partial charge on any atom is -0.207 e. The lowest BCUT2D eigenvalue weighted by Crippen LogP contribution is -2.12. The summed E-state index contributed by atoms with van der Waals surface area (Å²) in [5.74, 6) is 8.17. The molecule has 1 saturated carbocycles. The van der Waals surface area contributed by atoms with Crippen molar-refractivity contribution in [3.63, 3.8) is 0 Å². The maximum absolute atomic E-state index is 14.2. The van der Waals surface area contributed by atoms with Crippen LogP contribution >= 0.6 is 0 Å². The third kappa shape index (κ3) is 4.76. The Hall–Kier alpha value is -2.07. The molecule has 26 heavy (non-hydrogen) atoms. The average Bonchev–Trinajstić information content (AvgIpc) is 2.69. The lowest BCUT2D eigenvalue weighted by atomic mass is 9.81. The molecule has 0 unspecified atom stereocenters. The normalized spacial score (nSPS) is 19.7. The molecule has 3 rings (SSSR count). The Morgan fingerprint density at radius 1 is 0.923 bits per heavy atom. The lowest BCUT2D eigenvalue weighted by Gasteiger charge is -2.24. The molecule has 1 fully saturated rings. The van der Waals surface area contributed by atoms with Gasteiger partial charge in [0.1, 0.15) is 5.82 Å². The van der Waals surface area contributed by atoms with E-state index < -0.39 is 0 Å². The van der Waals surface area contributed by atoms with E-state index in [0.717, 1.165) is 41.0 Å². The molecule has 0 N–H and O–H groups in total. The van der Waals surface area contributed by atoms with E-state index in [1.807, 2.05) is 24.3 Å². The summed E-state index contributed by atoms with van der Waals surface area (Å²) in [6.45, 7) is 4.37. The molecular formula is C25H29F. The van der Waals surface area contributed by atoms with Gasteiger partial charge in [-0.05, 0) is 72.9 Å². The molecule has 0 aliphatic heterocycles. The lowest BCUT2D eigenvalue weighted by molar-refractivity contribution is 0.309. The van der Waals surface area contributed by atoms with Gasteiger partial charge in [0.15, 0.2) is 0 Å². The fourth-order valence-electron chi connectivity index (χ4n) is 3.85. The fourth-order valence-corrected chi connectivity index (χ4v) is 3.85. The first-order valence-corrected chi connectivity index (χ1v) is 10.1. The Morgan fingerprint density at radius 3 is 2.23 bits per heavy atom. The van der Waals surface area contributed by atoms with Crippen LogP contribution in [-0.2, 0) is 6.42 Å². The predicted molar refractivity (Wildman–Crippen MR) is 108 cm³/mol. The summed E-state index contributed by atoms with van der Waals surface area (Å²) in [5.41, 5.74) is 3.83. The van der Waals surface area contributed by atoms with Crippen LogP contribution in [0, 0.1) is 29.5 Å². The summed E-state index contributed by atoms with van der Waals surface area (Å²) >= 11 is 0. The van der Waals surface area contributed by atoms with Gasteiger partial charge in [-0.15, -0.1) is 0 Å². The van der Waals surface area contributed by atoms with Crippen LogP contribution in [0.2, 0.25) is 0 Å². The highest BCUT2D eigenvalue weighted by Crippen LogP contribution is 2.30. The Morgan fingerprint density at radius 2 is 1.62 bits per heavy atom. The van der Waals surface area contributed by atoms with E-state index >= 15 is 0 Å². The van der Waals surface area contributed by atoms with Gasteiger partial charge >= 0.3 is 0 Å². The van der Waals surface area contributed by atoms with Crippen LogP contribution < -0.4 is 0 Å². The topological polar surface area (TPSA) is 0 Å². The maximum atomic E-state index is 14.2. The SMILES string of the molecule is CCCc1ccc(-c2ccc(C#C[C@H]3CC[C@H](CC)CC3)cc2)cc1F. The highest BCUT2D eigenvalue weighted by atomic mass is 19.1. The summed E-state index contributed by atoms with van der Waals surface area (Å²) in [6.07, 6.45) is 8.20. The van der Waals surface area contributed by atoms with Gasteiger partial charge in [0, 0.05) is 11.5 Å². The smallest absolute Gasteiger partial charge is 0.127 e. The number of aryl methyl sites for hydroxylation is 1. The van der Waals surface area contributed by atoms with Crippen molar-refractivity contribution in [2.45, 2.75) is 58.8 Å². The fraction of sp³-hybridized carbons (Fsp3) is 0.440. The quantitative estimate of drug-likeness (QED) is 0.521. The molecule has 1 aliphatic rings. The van der Waals surface area contributed by atoms with E-state index in [4.69, 9.17) is 0 Å². The van der Waals surface area contributed by atoms with Crippen molar-refractivity contribution < 1.29 is 4.39 Å². The first-order valence-electron chi connectivity index (χ1n) is 10.1. The number of halogens is 1. The molecule has 2 aromatic rings. The number of hydrogen-bond donors (Lipinski definition) is 0. The zero-order valence-electron chi connectivity index (χ0n) is 16.0. The molecule has 0 amide bonds. The molecule has 0 atom stereocenters. The van der Waals surface area contributed by atoms with Crippen LogP contribution in [0.4, 0.5) is 4.39 Å².